The van der Waals surface area contributed by atoms with Crippen molar-refractivity contribution in [1.29, 1.82) is 0 Å². The Morgan fingerprint density at radius 1 is 1.21 bits per heavy atom. The summed E-state index contributed by atoms with van der Waals surface area (Å²) in [6.07, 6.45) is -0.557. The molecule has 0 saturated carbocycles. The number of anilines is 1. The summed E-state index contributed by atoms with van der Waals surface area (Å²) < 4.78 is 38.1. The first-order valence-electron chi connectivity index (χ1n) is 7.58. The van der Waals surface area contributed by atoms with Crippen LogP contribution in [0, 0.1) is 0 Å². The number of hydrogen-bond acceptors (Lipinski definition) is 5. The van der Waals surface area contributed by atoms with Gasteiger partial charge in [-0.3, -0.25) is 5.32 Å². The van der Waals surface area contributed by atoms with Crippen LogP contribution in [0.1, 0.15) is 27.7 Å². The predicted molar refractivity (Wildman–Crippen MR) is 92.4 cm³/mol. The van der Waals surface area contributed by atoms with Gasteiger partial charge < -0.3 is 9.47 Å². The Balaban J connectivity index is 2.47. The highest BCUT2D eigenvalue weighted by Gasteiger charge is 2.16. The first-order valence-corrected chi connectivity index (χ1v) is 9.07. The Morgan fingerprint density at radius 3 is 2.54 bits per heavy atom. The lowest BCUT2D eigenvalue weighted by atomic mass is 10.2. The van der Waals surface area contributed by atoms with Crippen LogP contribution in [0.4, 0.5) is 10.5 Å². The molecule has 0 radical (unpaired) electrons. The van der Waals surface area contributed by atoms with Gasteiger partial charge in [0.05, 0.1) is 0 Å². The number of rotatable bonds is 8. The Hall–Kier alpha value is -1.84. The van der Waals surface area contributed by atoms with Crippen molar-refractivity contribution in [1.82, 2.24) is 9.44 Å². The van der Waals surface area contributed by atoms with E-state index in [1.165, 1.54) is 0 Å². The van der Waals surface area contributed by atoms with Crippen molar-refractivity contribution in [2.75, 3.05) is 25.0 Å². The van der Waals surface area contributed by atoms with E-state index in [1.54, 1.807) is 52.0 Å². The molecule has 1 amide bonds. The first kappa shape index (κ1) is 20.2. The molecule has 0 aliphatic heterocycles. The van der Waals surface area contributed by atoms with Gasteiger partial charge in [0.1, 0.15) is 18.0 Å². The molecule has 1 rings (SSSR count). The standard InChI is InChI=1S/C15H25N3O5S/c1-5-16-24(20,21)17-9-10-22-13-8-6-7-12(11-13)18-14(19)23-15(2,3)4/h6-8,11,16-17H,5,9-10H2,1-4H3,(H,18,19). The summed E-state index contributed by atoms with van der Waals surface area (Å²) in [5.74, 6) is 0.506. The SMILES string of the molecule is CCNS(=O)(=O)NCCOc1cccc(NC(=O)OC(C)(C)C)c1. The molecule has 1 aromatic rings. The van der Waals surface area contributed by atoms with Crippen LogP contribution >= 0.6 is 0 Å². The van der Waals surface area contributed by atoms with Gasteiger partial charge >= 0.3 is 6.09 Å². The quantitative estimate of drug-likeness (QED) is 0.614. The molecular formula is C15H25N3O5S. The van der Waals surface area contributed by atoms with E-state index in [-0.39, 0.29) is 13.2 Å². The highest BCUT2D eigenvalue weighted by Crippen LogP contribution is 2.18. The zero-order chi connectivity index (χ0) is 18.2. The lowest BCUT2D eigenvalue weighted by Crippen LogP contribution is -2.38. The van der Waals surface area contributed by atoms with E-state index in [1.807, 2.05) is 0 Å². The maximum Gasteiger partial charge on any atom is 0.412 e. The van der Waals surface area contributed by atoms with Crippen LogP contribution in [0.2, 0.25) is 0 Å². The van der Waals surface area contributed by atoms with Crippen molar-refractivity contribution in [2.45, 2.75) is 33.3 Å². The number of ether oxygens (including phenoxy) is 2. The molecule has 0 spiro atoms. The van der Waals surface area contributed by atoms with E-state index < -0.39 is 21.9 Å². The van der Waals surface area contributed by atoms with Crippen LogP contribution in [0.3, 0.4) is 0 Å². The molecule has 3 N–H and O–H groups in total. The minimum Gasteiger partial charge on any atom is -0.492 e. The molecule has 0 unspecified atom stereocenters. The first-order chi connectivity index (χ1) is 11.1. The van der Waals surface area contributed by atoms with Gasteiger partial charge in [0.2, 0.25) is 0 Å². The third-order valence-corrected chi connectivity index (χ3v) is 3.73. The Morgan fingerprint density at radius 2 is 1.92 bits per heavy atom. The second kappa shape index (κ2) is 8.86. The maximum absolute atomic E-state index is 11.7. The summed E-state index contributed by atoms with van der Waals surface area (Å²) >= 11 is 0. The lowest BCUT2D eigenvalue weighted by molar-refractivity contribution is 0.0636. The fourth-order valence-corrected chi connectivity index (χ4v) is 2.51. The van der Waals surface area contributed by atoms with Gasteiger partial charge in [0.15, 0.2) is 0 Å². The fourth-order valence-electron chi connectivity index (χ4n) is 1.67. The molecule has 0 aromatic heterocycles. The normalized spacial score (nSPS) is 11.8. The summed E-state index contributed by atoms with van der Waals surface area (Å²) in [5.41, 5.74) is -0.0583. The molecule has 24 heavy (non-hydrogen) atoms. The molecule has 9 heteroatoms. The number of nitrogens with one attached hydrogen (secondary N) is 3. The maximum atomic E-state index is 11.7. The Labute approximate surface area is 143 Å². The van der Waals surface area contributed by atoms with E-state index in [4.69, 9.17) is 9.47 Å². The van der Waals surface area contributed by atoms with Crippen LogP contribution < -0.4 is 19.5 Å². The van der Waals surface area contributed by atoms with Crippen molar-refractivity contribution < 1.29 is 22.7 Å². The van der Waals surface area contributed by atoms with Crippen LogP contribution in [0.15, 0.2) is 24.3 Å². The largest absolute Gasteiger partial charge is 0.492 e. The van der Waals surface area contributed by atoms with Crippen molar-refractivity contribution in [2.24, 2.45) is 0 Å². The van der Waals surface area contributed by atoms with Gasteiger partial charge in [-0.2, -0.15) is 13.1 Å². The molecular weight excluding hydrogens is 334 g/mol. The third kappa shape index (κ3) is 8.70. The number of benzene rings is 1. The van der Waals surface area contributed by atoms with E-state index in [9.17, 15) is 13.2 Å². The van der Waals surface area contributed by atoms with Gasteiger partial charge in [0, 0.05) is 24.8 Å². The predicted octanol–water partition coefficient (Wildman–Crippen LogP) is 1.86. The summed E-state index contributed by atoms with van der Waals surface area (Å²) in [6.45, 7) is 7.62. The highest BCUT2D eigenvalue weighted by molar-refractivity contribution is 7.87. The molecule has 0 fully saturated rings. The summed E-state index contributed by atoms with van der Waals surface area (Å²) in [5, 5.41) is 2.61. The molecule has 0 saturated heterocycles. The number of hydrogen-bond donors (Lipinski definition) is 3. The fraction of sp³-hybridized carbons (Fsp3) is 0.533. The lowest BCUT2D eigenvalue weighted by Gasteiger charge is -2.19. The number of carbonyl (C=O) groups excluding carboxylic acids is 1. The topological polar surface area (TPSA) is 106 Å². The third-order valence-electron chi connectivity index (χ3n) is 2.48. The molecule has 8 nitrogen and oxygen atoms in total. The van der Waals surface area contributed by atoms with Crippen molar-refractivity contribution in [3.63, 3.8) is 0 Å². The monoisotopic (exact) mass is 359 g/mol. The average Bonchev–Trinajstić information content (AvgIpc) is 2.42. The minimum absolute atomic E-state index is 0.124. The number of amides is 1. The molecule has 136 valence electrons. The smallest absolute Gasteiger partial charge is 0.412 e. The molecule has 0 heterocycles. The van der Waals surface area contributed by atoms with Gasteiger partial charge in [-0.25, -0.2) is 9.52 Å². The molecule has 0 aliphatic rings. The average molecular weight is 359 g/mol. The molecule has 1 aromatic carbocycles. The van der Waals surface area contributed by atoms with Gasteiger partial charge in [0.25, 0.3) is 10.2 Å². The van der Waals surface area contributed by atoms with Crippen LogP contribution in [-0.2, 0) is 14.9 Å². The van der Waals surface area contributed by atoms with Crippen molar-refractivity contribution in [3.8, 4) is 5.75 Å². The minimum atomic E-state index is -3.48. The van der Waals surface area contributed by atoms with Crippen molar-refractivity contribution >= 4 is 22.0 Å². The second-order valence-electron chi connectivity index (χ2n) is 5.90. The summed E-state index contributed by atoms with van der Waals surface area (Å²) in [4.78, 5) is 11.7. The molecule has 0 aliphatic carbocycles. The van der Waals surface area contributed by atoms with Gasteiger partial charge in [-0.1, -0.05) is 13.0 Å². The van der Waals surface area contributed by atoms with E-state index in [0.29, 0.717) is 18.0 Å². The molecule has 0 bridgehead atoms. The van der Waals surface area contributed by atoms with E-state index in [0.717, 1.165) is 0 Å². The summed E-state index contributed by atoms with van der Waals surface area (Å²) in [6, 6.07) is 6.75. The van der Waals surface area contributed by atoms with Crippen LogP contribution in [0.5, 0.6) is 5.75 Å². The Bertz CT molecular complexity index is 641. The van der Waals surface area contributed by atoms with E-state index in [2.05, 4.69) is 14.8 Å². The Kier molecular flexibility index (Phi) is 7.46. The van der Waals surface area contributed by atoms with Gasteiger partial charge in [-0.05, 0) is 32.9 Å². The van der Waals surface area contributed by atoms with Crippen LogP contribution in [0.25, 0.3) is 0 Å². The van der Waals surface area contributed by atoms with Crippen molar-refractivity contribution in [3.05, 3.63) is 24.3 Å². The summed E-state index contributed by atoms with van der Waals surface area (Å²) in [7, 11) is -3.48. The highest BCUT2D eigenvalue weighted by atomic mass is 32.2. The zero-order valence-corrected chi connectivity index (χ0v) is 15.2. The second-order valence-corrected chi connectivity index (χ2v) is 7.48. The van der Waals surface area contributed by atoms with Gasteiger partial charge in [-0.15, -0.1) is 0 Å². The molecule has 0 atom stereocenters. The number of carbonyl (C=O) groups is 1. The zero-order valence-electron chi connectivity index (χ0n) is 14.4. The van der Waals surface area contributed by atoms with Crippen LogP contribution in [-0.4, -0.2) is 39.8 Å². The van der Waals surface area contributed by atoms with E-state index >= 15 is 0 Å².